The molecule has 1 saturated carbocycles. The summed E-state index contributed by atoms with van der Waals surface area (Å²) in [5.41, 5.74) is 3.81. The van der Waals surface area contributed by atoms with E-state index in [-0.39, 0.29) is 32.7 Å². The first-order valence-electron chi connectivity index (χ1n) is 9.92. The van der Waals surface area contributed by atoms with Gasteiger partial charge >= 0.3 is 6.09 Å². The lowest BCUT2D eigenvalue weighted by Crippen LogP contribution is -2.58. The van der Waals surface area contributed by atoms with Crippen LogP contribution in [0.2, 0.25) is 0 Å². The van der Waals surface area contributed by atoms with Crippen LogP contribution in [0, 0.1) is 0 Å². The smallest absolute Gasteiger partial charge is 0.408 e. The van der Waals surface area contributed by atoms with Crippen molar-refractivity contribution in [3.8, 4) is 0 Å². The topological polar surface area (TPSA) is 100 Å². The van der Waals surface area contributed by atoms with E-state index in [1.54, 1.807) is 0 Å². The molecule has 1 amide bonds. The van der Waals surface area contributed by atoms with Crippen LogP contribution in [0.1, 0.15) is 31.2 Å². The molecule has 0 bridgehead atoms. The van der Waals surface area contributed by atoms with Gasteiger partial charge in [-0.25, -0.2) is 4.79 Å². The number of carboxylic acid groups (broad SMARTS) is 1. The molecule has 8 nitrogen and oxygen atoms in total. The van der Waals surface area contributed by atoms with Crippen molar-refractivity contribution in [2.45, 2.75) is 56.4 Å². The summed E-state index contributed by atoms with van der Waals surface area (Å²) in [5.74, 6) is 0. The summed E-state index contributed by atoms with van der Waals surface area (Å²) < 4.78 is 10.6. The van der Waals surface area contributed by atoms with E-state index in [1.165, 1.54) is 4.90 Å². The second-order valence-electron chi connectivity index (χ2n) is 7.40. The van der Waals surface area contributed by atoms with Crippen LogP contribution in [0.5, 0.6) is 0 Å². The van der Waals surface area contributed by atoms with Crippen LogP contribution < -0.4 is 5.48 Å². The van der Waals surface area contributed by atoms with Crippen molar-refractivity contribution in [3.05, 3.63) is 35.9 Å². The Morgan fingerprint density at radius 3 is 2.54 bits per heavy atom. The number of nitrogens with zero attached hydrogens (tertiary/aromatic N) is 1. The zero-order valence-corrected chi connectivity index (χ0v) is 16.0. The molecule has 0 unspecified atom stereocenters. The molecule has 1 aromatic carbocycles. The number of benzene rings is 1. The molecule has 8 heteroatoms. The summed E-state index contributed by atoms with van der Waals surface area (Å²) in [4.78, 5) is 19.0. The highest BCUT2D eigenvalue weighted by molar-refractivity contribution is 5.66. The zero-order chi connectivity index (χ0) is 19.8. The first-order valence-corrected chi connectivity index (χ1v) is 9.92. The Bertz CT molecular complexity index is 590. The predicted molar refractivity (Wildman–Crippen MR) is 102 cm³/mol. The predicted octanol–water partition coefficient (Wildman–Crippen LogP) is 1.78. The van der Waals surface area contributed by atoms with Gasteiger partial charge in [0.25, 0.3) is 0 Å². The van der Waals surface area contributed by atoms with E-state index in [9.17, 15) is 15.0 Å². The van der Waals surface area contributed by atoms with E-state index in [0.29, 0.717) is 6.42 Å². The van der Waals surface area contributed by atoms with Crippen molar-refractivity contribution in [2.24, 2.45) is 0 Å². The number of nitrogens with one attached hydrogen (secondary N) is 1. The highest BCUT2D eigenvalue weighted by Gasteiger charge is 2.36. The van der Waals surface area contributed by atoms with Crippen LogP contribution >= 0.6 is 0 Å². The fourth-order valence-electron chi connectivity index (χ4n) is 3.87. The fraction of sp³-hybridized carbons (Fsp3) is 0.650. The van der Waals surface area contributed by atoms with Gasteiger partial charge in [-0.05, 0) is 24.8 Å². The molecule has 2 atom stereocenters. The minimum atomic E-state index is -1.10. The molecule has 1 aliphatic carbocycles. The first kappa shape index (κ1) is 21.0. The number of aliphatic hydroxyl groups is 1. The van der Waals surface area contributed by atoms with Gasteiger partial charge in [-0.1, -0.05) is 43.2 Å². The third-order valence-electron chi connectivity index (χ3n) is 5.34. The van der Waals surface area contributed by atoms with Gasteiger partial charge in [0.2, 0.25) is 0 Å². The Hall–Kier alpha value is -1.71. The van der Waals surface area contributed by atoms with Crippen molar-refractivity contribution in [1.29, 1.82) is 0 Å². The Labute approximate surface area is 165 Å². The molecule has 28 heavy (non-hydrogen) atoms. The van der Waals surface area contributed by atoms with Gasteiger partial charge in [0.1, 0.15) is 6.79 Å². The number of hydrogen-bond donors (Lipinski definition) is 3. The summed E-state index contributed by atoms with van der Waals surface area (Å²) >= 11 is 0. The van der Waals surface area contributed by atoms with E-state index in [4.69, 9.17) is 14.3 Å². The van der Waals surface area contributed by atoms with Gasteiger partial charge in [-0.2, -0.15) is 5.48 Å². The molecule has 3 rings (SSSR count). The zero-order valence-electron chi connectivity index (χ0n) is 16.0. The molecule has 1 aliphatic heterocycles. The van der Waals surface area contributed by atoms with Gasteiger partial charge < -0.3 is 19.7 Å². The number of carbonyl (C=O) groups is 1. The Morgan fingerprint density at radius 1 is 1.21 bits per heavy atom. The standard InChI is InChI=1S/C20H30N2O6/c23-19(11-21-28-17-8-4-5-9-17)18(10-15-6-2-1-3-7-15)22(20(24)25)16-12-26-14-27-13-16/h1-3,6-7,16-19,21,23H,4-5,8-14H2,(H,24,25)/t18-,19-/m1/s1. The minimum absolute atomic E-state index is 0.145. The summed E-state index contributed by atoms with van der Waals surface area (Å²) in [6.45, 7) is 0.797. The fourth-order valence-corrected chi connectivity index (χ4v) is 3.87. The normalized spacial score (nSPS) is 20.8. The third-order valence-corrected chi connectivity index (χ3v) is 5.34. The van der Waals surface area contributed by atoms with E-state index in [0.717, 1.165) is 31.2 Å². The second-order valence-corrected chi connectivity index (χ2v) is 7.40. The van der Waals surface area contributed by atoms with E-state index >= 15 is 0 Å². The highest BCUT2D eigenvalue weighted by atomic mass is 16.7. The molecule has 156 valence electrons. The van der Waals surface area contributed by atoms with Crippen LogP contribution in [0.4, 0.5) is 4.79 Å². The van der Waals surface area contributed by atoms with Crippen LogP contribution in [-0.4, -0.2) is 72.0 Å². The molecule has 1 saturated heterocycles. The molecular weight excluding hydrogens is 364 g/mol. The van der Waals surface area contributed by atoms with Gasteiger partial charge in [0.05, 0.1) is 37.5 Å². The largest absolute Gasteiger partial charge is 0.465 e. The van der Waals surface area contributed by atoms with Crippen LogP contribution in [-0.2, 0) is 20.7 Å². The van der Waals surface area contributed by atoms with E-state index < -0.39 is 24.3 Å². The number of ether oxygens (including phenoxy) is 2. The summed E-state index contributed by atoms with van der Waals surface area (Å²) in [5, 5.41) is 20.7. The van der Waals surface area contributed by atoms with Crippen molar-refractivity contribution < 1.29 is 29.3 Å². The lowest BCUT2D eigenvalue weighted by atomic mass is 9.98. The van der Waals surface area contributed by atoms with Crippen molar-refractivity contribution in [3.63, 3.8) is 0 Å². The molecule has 1 aromatic rings. The van der Waals surface area contributed by atoms with Crippen LogP contribution in [0.3, 0.4) is 0 Å². The number of aliphatic hydroxyl groups excluding tert-OH is 1. The van der Waals surface area contributed by atoms with Crippen LogP contribution in [0.15, 0.2) is 30.3 Å². The van der Waals surface area contributed by atoms with Gasteiger partial charge in [-0.3, -0.25) is 9.74 Å². The van der Waals surface area contributed by atoms with E-state index in [2.05, 4.69) is 5.48 Å². The quantitative estimate of drug-likeness (QED) is 0.549. The number of amides is 1. The molecule has 0 radical (unpaired) electrons. The molecule has 2 aliphatic rings. The van der Waals surface area contributed by atoms with Crippen molar-refractivity contribution >= 4 is 6.09 Å². The maximum Gasteiger partial charge on any atom is 0.408 e. The number of hydroxylamine groups is 1. The molecule has 1 heterocycles. The Kier molecular flexibility index (Phi) is 8.05. The summed E-state index contributed by atoms with van der Waals surface area (Å²) in [6, 6.07) is 8.44. The van der Waals surface area contributed by atoms with Crippen LogP contribution in [0.25, 0.3) is 0 Å². The average Bonchev–Trinajstić information content (AvgIpc) is 3.22. The minimum Gasteiger partial charge on any atom is -0.465 e. The number of hydrogen-bond acceptors (Lipinski definition) is 6. The molecular formula is C20H30N2O6. The Morgan fingerprint density at radius 2 is 1.89 bits per heavy atom. The van der Waals surface area contributed by atoms with Gasteiger partial charge in [0.15, 0.2) is 0 Å². The summed E-state index contributed by atoms with van der Waals surface area (Å²) in [7, 11) is 0. The maximum absolute atomic E-state index is 12.1. The maximum atomic E-state index is 12.1. The molecule has 0 aromatic heterocycles. The SMILES string of the molecule is O=C(O)N(C1COCOC1)[C@H](Cc1ccccc1)[C@H](O)CNOC1CCCC1. The second kappa shape index (κ2) is 10.7. The molecule has 3 N–H and O–H groups in total. The van der Waals surface area contributed by atoms with Crippen molar-refractivity contribution in [1.82, 2.24) is 10.4 Å². The summed E-state index contributed by atoms with van der Waals surface area (Å²) in [6.07, 6.45) is 2.82. The average molecular weight is 394 g/mol. The molecule has 2 fully saturated rings. The third kappa shape index (κ3) is 5.89. The first-order chi connectivity index (χ1) is 13.6. The lowest BCUT2D eigenvalue weighted by Gasteiger charge is -2.39. The lowest BCUT2D eigenvalue weighted by molar-refractivity contribution is -0.141. The van der Waals surface area contributed by atoms with Crippen molar-refractivity contribution in [2.75, 3.05) is 26.6 Å². The van der Waals surface area contributed by atoms with Gasteiger partial charge in [-0.15, -0.1) is 0 Å². The number of rotatable bonds is 9. The van der Waals surface area contributed by atoms with Gasteiger partial charge in [0, 0.05) is 6.54 Å². The highest BCUT2D eigenvalue weighted by Crippen LogP contribution is 2.21. The molecule has 0 spiro atoms. The monoisotopic (exact) mass is 394 g/mol. The van der Waals surface area contributed by atoms with E-state index in [1.807, 2.05) is 30.3 Å². The Balaban J connectivity index is 1.69.